The van der Waals surface area contributed by atoms with Crippen LogP contribution >= 0.6 is 11.8 Å². The Bertz CT molecular complexity index is 697. The van der Waals surface area contributed by atoms with E-state index in [0.29, 0.717) is 16.4 Å². The van der Waals surface area contributed by atoms with E-state index in [0.717, 1.165) is 4.90 Å². The highest BCUT2D eigenvalue weighted by Gasteiger charge is 2.11. The van der Waals surface area contributed by atoms with Gasteiger partial charge in [-0.1, -0.05) is 0 Å². The second-order valence-electron chi connectivity index (χ2n) is 4.29. The Hall–Kier alpha value is -2.28. The predicted octanol–water partition coefficient (Wildman–Crippen LogP) is 1.21. The minimum atomic E-state index is -0.222. The number of carbonyl (C=O) groups excluding carboxylic acids is 1. The maximum Gasteiger partial charge on any atom is 0.253 e. The molecule has 104 valence electrons. The summed E-state index contributed by atoms with van der Waals surface area (Å²) in [4.78, 5) is 31.9. The molecule has 0 fully saturated rings. The summed E-state index contributed by atoms with van der Waals surface area (Å²) >= 11 is 1.24. The fourth-order valence-corrected chi connectivity index (χ4v) is 2.33. The molecule has 2 rings (SSSR count). The van der Waals surface area contributed by atoms with Gasteiger partial charge < -0.3 is 15.6 Å². The maximum absolute atomic E-state index is 11.8. The Morgan fingerprint density at radius 3 is 2.70 bits per heavy atom. The summed E-state index contributed by atoms with van der Waals surface area (Å²) in [6.45, 7) is 0. The van der Waals surface area contributed by atoms with Crippen molar-refractivity contribution >= 4 is 23.4 Å². The van der Waals surface area contributed by atoms with Crippen LogP contribution in [0.15, 0.2) is 45.3 Å². The van der Waals surface area contributed by atoms with E-state index >= 15 is 0 Å². The van der Waals surface area contributed by atoms with Gasteiger partial charge in [-0.2, -0.15) is 0 Å². The summed E-state index contributed by atoms with van der Waals surface area (Å²) in [5.74, 6) is -0.112. The molecule has 1 amide bonds. The lowest BCUT2D eigenvalue weighted by Gasteiger charge is -2.12. The molecule has 0 bridgehead atoms. The lowest BCUT2D eigenvalue weighted by Crippen LogP contribution is -2.21. The summed E-state index contributed by atoms with van der Waals surface area (Å²) < 4.78 is 0. The number of H-pyrrole nitrogens is 1. The van der Waals surface area contributed by atoms with Crippen molar-refractivity contribution in [3.63, 3.8) is 0 Å². The van der Waals surface area contributed by atoms with Crippen molar-refractivity contribution in [3.05, 3.63) is 46.4 Å². The van der Waals surface area contributed by atoms with Gasteiger partial charge in [0.1, 0.15) is 0 Å². The molecule has 1 aromatic carbocycles. The molecule has 0 unspecified atom stereocenters. The molecule has 6 nitrogen and oxygen atoms in total. The van der Waals surface area contributed by atoms with Crippen LogP contribution in [0.25, 0.3) is 0 Å². The number of benzene rings is 1. The average Bonchev–Trinajstić information content (AvgIpc) is 2.40. The van der Waals surface area contributed by atoms with Gasteiger partial charge in [0.15, 0.2) is 5.16 Å². The number of hydrogen-bond acceptors (Lipinski definition) is 5. The molecule has 0 aliphatic carbocycles. The number of aromatic amines is 1. The molecule has 0 aliphatic heterocycles. The first-order valence-corrected chi connectivity index (χ1v) is 6.63. The van der Waals surface area contributed by atoms with E-state index in [1.165, 1.54) is 28.9 Å². The molecule has 3 N–H and O–H groups in total. The minimum Gasteiger partial charge on any atom is -0.398 e. The van der Waals surface area contributed by atoms with Crippen LogP contribution < -0.4 is 11.3 Å². The summed E-state index contributed by atoms with van der Waals surface area (Å²) in [6.07, 6.45) is 1.43. The number of nitrogens with zero attached hydrogens (tertiary/aromatic N) is 2. The van der Waals surface area contributed by atoms with Crippen LogP contribution in [0.2, 0.25) is 0 Å². The second-order valence-corrected chi connectivity index (χ2v) is 5.32. The largest absolute Gasteiger partial charge is 0.398 e. The molecule has 0 radical (unpaired) electrons. The first-order chi connectivity index (χ1) is 9.47. The topological polar surface area (TPSA) is 92.1 Å². The molecule has 0 spiro atoms. The number of amides is 1. The zero-order valence-corrected chi connectivity index (χ0v) is 11.9. The van der Waals surface area contributed by atoms with Crippen molar-refractivity contribution in [2.45, 2.75) is 10.1 Å². The van der Waals surface area contributed by atoms with Crippen molar-refractivity contribution in [1.29, 1.82) is 0 Å². The fraction of sp³-hybridized carbons (Fsp3) is 0.154. The van der Waals surface area contributed by atoms with E-state index in [4.69, 9.17) is 5.73 Å². The van der Waals surface area contributed by atoms with Gasteiger partial charge in [-0.05, 0) is 30.0 Å². The number of anilines is 1. The third kappa shape index (κ3) is 3.18. The van der Waals surface area contributed by atoms with Gasteiger partial charge in [-0.15, -0.1) is 0 Å². The standard InChI is InChI=1S/C13H14N4O2S/c1-17(2)12(19)8-3-4-10(9(14)7-8)20-13-15-6-5-11(18)16-13/h3-7H,14H2,1-2H3,(H,15,16,18). The van der Waals surface area contributed by atoms with Crippen LogP contribution in [-0.4, -0.2) is 34.9 Å². The summed E-state index contributed by atoms with van der Waals surface area (Å²) in [5, 5.41) is 0.455. The third-order valence-corrected chi connectivity index (χ3v) is 3.51. The molecule has 7 heteroatoms. The smallest absolute Gasteiger partial charge is 0.253 e. The minimum absolute atomic E-state index is 0.112. The van der Waals surface area contributed by atoms with Crippen LogP contribution in [0.3, 0.4) is 0 Å². The van der Waals surface area contributed by atoms with Gasteiger partial charge in [0.05, 0.1) is 0 Å². The van der Waals surface area contributed by atoms with Crippen LogP contribution in [0.4, 0.5) is 5.69 Å². The highest BCUT2D eigenvalue weighted by molar-refractivity contribution is 7.99. The van der Waals surface area contributed by atoms with E-state index in [2.05, 4.69) is 9.97 Å². The molecule has 2 aromatic rings. The molecule has 20 heavy (non-hydrogen) atoms. The highest BCUT2D eigenvalue weighted by atomic mass is 32.2. The van der Waals surface area contributed by atoms with Crippen molar-refractivity contribution in [2.75, 3.05) is 19.8 Å². The van der Waals surface area contributed by atoms with Gasteiger partial charge in [0, 0.05) is 42.5 Å². The van der Waals surface area contributed by atoms with Gasteiger partial charge in [-0.3, -0.25) is 9.59 Å². The SMILES string of the molecule is CN(C)C(=O)c1ccc(Sc2nccc(=O)[nH]2)c(N)c1. The Morgan fingerprint density at radius 2 is 2.10 bits per heavy atom. The highest BCUT2D eigenvalue weighted by Crippen LogP contribution is 2.29. The molecule has 0 saturated carbocycles. The monoisotopic (exact) mass is 290 g/mol. The molecular formula is C13H14N4O2S. The first kappa shape index (κ1) is 14.1. The summed E-state index contributed by atoms with van der Waals surface area (Å²) in [5.41, 5.74) is 6.70. The van der Waals surface area contributed by atoms with E-state index in [-0.39, 0.29) is 11.5 Å². The number of nitrogen functional groups attached to an aromatic ring is 1. The number of rotatable bonds is 3. The van der Waals surface area contributed by atoms with Crippen molar-refractivity contribution in [2.24, 2.45) is 0 Å². The van der Waals surface area contributed by atoms with E-state index in [9.17, 15) is 9.59 Å². The van der Waals surface area contributed by atoms with Gasteiger partial charge in [0.25, 0.3) is 11.5 Å². The molecule has 0 aliphatic rings. The molecule has 1 aromatic heterocycles. The van der Waals surface area contributed by atoms with Crippen molar-refractivity contribution < 1.29 is 4.79 Å². The quantitative estimate of drug-likeness (QED) is 0.654. The zero-order valence-electron chi connectivity index (χ0n) is 11.1. The normalized spacial score (nSPS) is 10.3. The maximum atomic E-state index is 11.8. The number of nitrogens with two attached hydrogens (primary N) is 1. The second kappa shape index (κ2) is 5.79. The average molecular weight is 290 g/mol. The van der Waals surface area contributed by atoms with E-state index < -0.39 is 0 Å². The Balaban J connectivity index is 2.26. The summed E-state index contributed by atoms with van der Waals surface area (Å²) in [7, 11) is 3.36. The molecule has 0 atom stereocenters. The Morgan fingerprint density at radius 1 is 1.35 bits per heavy atom. The lowest BCUT2D eigenvalue weighted by molar-refractivity contribution is 0.0827. The van der Waals surface area contributed by atoms with Crippen LogP contribution in [0.5, 0.6) is 0 Å². The van der Waals surface area contributed by atoms with Crippen LogP contribution in [0.1, 0.15) is 10.4 Å². The Labute approximate surface area is 120 Å². The number of aromatic nitrogens is 2. The van der Waals surface area contributed by atoms with Crippen molar-refractivity contribution in [1.82, 2.24) is 14.9 Å². The van der Waals surface area contributed by atoms with Gasteiger partial charge in [0.2, 0.25) is 0 Å². The van der Waals surface area contributed by atoms with Crippen molar-refractivity contribution in [3.8, 4) is 0 Å². The van der Waals surface area contributed by atoms with E-state index in [1.54, 1.807) is 32.3 Å². The first-order valence-electron chi connectivity index (χ1n) is 5.82. The molecule has 0 saturated heterocycles. The lowest BCUT2D eigenvalue weighted by atomic mass is 10.2. The van der Waals surface area contributed by atoms with E-state index in [1.807, 2.05) is 0 Å². The molecular weight excluding hydrogens is 276 g/mol. The summed E-state index contributed by atoms with van der Waals surface area (Å²) in [6, 6.07) is 6.39. The zero-order chi connectivity index (χ0) is 14.7. The number of carbonyl (C=O) groups is 1. The van der Waals surface area contributed by atoms with Gasteiger partial charge >= 0.3 is 0 Å². The number of nitrogens with one attached hydrogen (secondary N) is 1. The molecule has 1 heterocycles. The number of hydrogen-bond donors (Lipinski definition) is 2. The third-order valence-electron chi connectivity index (χ3n) is 2.52. The van der Waals surface area contributed by atoms with Gasteiger partial charge in [-0.25, -0.2) is 4.98 Å². The van der Waals surface area contributed by atoms with Crippen LogP contribution in [-0.2, 0) is 0 Å². The fourth-order valence-electron chi connectivity index (χ4n) is 1.54. The predicted molar refractivity (Wildman–Crippen MR) is 77.9 cm³/mol. The van der Waals surface area contributed by atoms with Crippen LogP contribution in [0, 0.1) is 0 Å². The Kier molecular flexibility index (Phi) is 4.09.